The molecule has 9 nitrogen and oxygen atoms in total. The molecule has 1 heterocycles. The standard InChI is InChI=1S/C16H16N4O5/c1-9(14(22)18-11-5-3-2-4-10(11)8-17)25-13(21)7-6-12-15(23)20-16(24)19-12/h2-5,9,12H,6-7H2,1H3,(H,18,22)(H2,19,20,23,24). The van der Waals surface area contributed by atoms with Crippen LogP contribution >= 0.6 is 0 Å². The number of esters is 1. The van der Waals surface area contributed by atoms with Gasteiger partial charge in [-0.2, -0.15) is 5.26 Å². The van der Waals surface area contributed by atoms with Gasteiger partial charge in [0.2, 0.25) is 0 Å². The van der Waals surface area contributed by atoms with Crippen LogP contribution in [0.15, 0.2) is 24.3 Å². The summed E-state index contributed by atoms with van der Waals surface area (Å²) in [4.78, 5) is 46.2. The first-order chi connectivity index (χ1) is 11.9. The number of ether oxygens (including phenoxy) is 1. The molecule has 2 rings (SSSR count). The molecule has 1 aromatic carbocycles. The summed E-state index contributed by atoms with van der Waals surface area (Å²) in [5.74, 6) is -1.76. The third kappa shape index (κ3) is 4.78. The predicted molar refractivity (Wildman–Crippen MR) is 85.0 cm³/mol. The Hall–Kier alpha value is -3.41. The van der Waals surface area contributed by atoms with Crippen molar-refractivity contribution in [2.24, 2.45) is 0 Å². The summed E-state index contributed by atoms with van der Waals surface area (Å²) in [6.45, 7) is 1.40. The number of nitrogens with zero attached hydrogens (tertiary/aromatic N) is 1. The van der Waals surface area contributed by atoms with Gasteiger partial charge in [-0.1, -0.05) is 12.1 Å². The van der Waals surface area contributed by atoms with E-state index in [1.165, 1.54) is 6.92 Å². The summed E-state index contributed by atoms with van der Waals surface area (Å²) in [6, 6.07) is 6.99. The largest absolute Gasteiger partial charge is 0.453 e. The van der Waals surface area contributed by atoms with Crippen molar-refractivity contribution in [2.75, 3.05) is 5.32 Å². The lowest BCUT2D eigenvalue weighted by molar-refractivity contribution is -0.153. The average Bonchev–Trinajstić information content (AvgIpc) is 2.90. The number of nitriles is 1. The molecule has 2 atom stereocenters. The number of anilines is 1. The smallest absolute Gasteiger partial charge is 0.322 e. The van der Waals surface area contributed by atoms with Crippen LogP contribution in [-0.2, 0) is 19.1 Å². The third-order valence-electron chi connectivity index (χ3n) is 3.48. The van der Waals surface area contributed by atoms with E-state index in [4.69, 9.17) is 10.00 Å². The van der Waals surface area contributed by atoms with Crippen molar-refractivity contribution >= 4 is 29.5 Å². The van der Waals surface area contributed by atoms with E-state index in [9.17, 15) is 19.2 Å². The van der Waals surface area contributed by atoms with Crippen molar-refractivity contribution in [3.05, 3.63) is 29.8 Å². The Morgan fingerprint density at radius 1 is 1.36 bits per heavy atom. The number of rotatable bonds is 6. The number of imide groups is 1. The molecular formula is C16H16N4O5. The van der Waals surface area contributed by atoms with Crippen LogP contribution in [0.2, 0.25) is 0 Å². The molecule has 0 spiro atoms. The zero-order chi connectivity index (χ0) is 18.4. The highest BCUT2D eigenvalue weighted by Gasteiger charge is 2.30. The van der Waals surface area contributed by atoms with E-state index in [1.54, 1.807) is 24.3 Å². The Morgan fingerprint density at radius 3 is 2.72 bits per heavy atom. The fourth-order valence-corrected chi connectivity index (χ4v) is 2.16. The quantitative estimate of drug-likeness (QED) is 0.505. The number of amides is 4. The molecule has 25 heavy (non-hydrogen) atoms. The molecule has 0 aliphatic carbocycles. The van der Waals surface area contributed by atoms with Gasteiger partial charge in [-0.15, -0.1) is 0 Å². The molecule has 1 aliphatic heterocycles. The zero-order valence-electron chi connectivity index (χ0n) is 13.4. The normalized spacial score (nSPS) is 17.0. The fourth-order valence-electron chi connectivity index (χ4n) is 2.16. The number of hydrogen-bond donors (Lipinski definition) is 3. The molecule has 3 N–H and O–H groups in total. The van der Waals surface area contributed by atoms with Gasteiger partial charge in [0.1, 0.15) is 12.1 Å². The Labute approximate surface area is 143 Å². The summed E-state index contributed by atoms with van der Waals surface area (Å²) in [5, 5.41) is 15.9. The monoisotopic (exact) mass is 344 g/mol. The summed E-state index contributed by atoms with van der Waals surface area (Å²) in [6.07, 6.45) is -1.14. The van der Waals surface area contributed by atoms with Gasteiger partial charge < -0.3 is 15.4 Å². The molecule has 0 bridgehead atoms. The first kappa shape index (κ1) is 17.9. The van der Waals surface area contributed by atoms with Crippen LogP contribution in [0.5, 0.6) is 0 Å². The molecule has 0 aromatic heterocycles. The van der Waals surface area contributed by atoms with Gasteiger partial charge >= 0.3 is 12.0 Å². The minimum Gasteiger partial charge on any atom is -0.453 e. The summed E-state index contributed by atoms with van der Waals surface area (Å²) in [7, 11) is 0. The van der Waals surface area contributed by atoms with Gasteiger partial charge in [0.15, 0.2) is 6.10 Å². The molecule has 4 amide bonds. The van der Waals surface area contributed by atoms with Crippen LogP contribution < -0.4 is 16.0 Å². The van der Waals surface area contributed by atoms with E-state index in [0.717, 1.165) is 0 Å². The first-order valence-electron chi connectivity index (χ1n) is 7.51. The van der Waals surface area contributed by atoms with Crippen LogP contribution in [0.25, 0.3) is 0 Å². The molecular weight excluding hydrogens is 328 g/mol. The lowest BCUT2D eigenvalue weighted by Crippen LogP contribution is -2.32. The van der Waals surface area contributed by atoms with Crippen LogP contribution in [0.3, 0.4) is 0 Å². The summed E-state index contributed by atoms with van der Waals surface area (Å²) >= 11 is 0. The molecule has 1 aromatic rings. The predicted octanol–water partition coefficient (Wildman–Crippen LogP) is 0.417. The Kier molecular flexibility index (Phi) is 5.68. The molecule has 0 radical (unpaired) electrons. The molecule has 9 heteroatoms. The van der Waals surface area contributed by atoms with Crippen LogP contribution in [-0.4, -0.2) is 36.0 Å². The zero-order valence-corrected chi connectivity index (χ0v) is 13.4. The minimum absolute atomic E-state index is 0.0714. The van der Waals surface area contributed by atoms with E-state index in [0.29, 0.717) is 5.69 Å². The molecule has 1 fully saturated rings. The van der Waals surface area contributed by atoms with E-state index in [2.05, 4.69) is 16.0 Å². The maximum absolute atomic E-state index is 12.1. The molecule has 1 saturated heterocycles. The summed E-state index contributed by atoms with van der Waals surface area (Å²) < 4.78 is 5.00. The second-order valence-electron chi connectivity index (χ2n) is 5.33. The van der Waals surface area contributed by atoms with Crippen molar-refractivity contribution in [2.45, 2.75) is 31.9 Å². The van der Waals surface area contributed by atoms with Crippen LogP contribution in [0, 0.1) is 11.3 Å². The van der Waals surface area contributed by atoms with Crippen molar-refractivity contribution in [3.8, 4) is 6.07 Å². The Morgan fingerprint density at radius 2 is 2.08 bits per heavy atom. The highest BCUT2D eigenvalue weighted by molar-refractivity contribution is 6.04. The second kappa shape index (κ2) is 7.92. The van der Waals surface area contributed by atoms with Crippen molar-refractivity contribution < 1.29 is 23.9 Å². The molecule has 130 valence electrons. The van der Waals surface area contributed by atoms with Crippen molar-refractivity contribution in [1.29, 1.82) is 5.26 Å². The first-order valence-corrected chi connectivity index (χ1v) is 7.51. The van der Waals surface area contributed by atoms with Gasteiger partial charge in [0.25, 0.3) is 11.8 Å². The van der Waals surface area contributed by atoms with Crippen molar-refractivity contribution in [3.63, 3.8) is 0 Å². The van der Waals surface area contributed by atoms with Crippen LogP contribution in [0.1, 0.15) is 25.3 Å². The van der Waals surface area contributed by atoms with Gasteiger partial charge in [-0.3, -0.25) is 19.7 Å². The number of urea groups is 1. The van der Waals surface area contributed by atoms with Crippen LogP contribution in [0.4, 0.5) is 10.5 Å². The SMILES string of the molecule is CC(OC(=O)CCC1NC(=O)NC1=O)C(=O)Nc1ccccc1C#N. The van der Waals surface area contributed by atoms with E-state index in [1.807, 2.05) is 6.07 Å². The second-order valence-corrected chi connectivity index (χ2v) is 5.33. The third-order valence-corrected chi connectivity index (χ3v) is 3.48. The van der Waals surface area contributed by atoms with E-state index in [-0.39, 0.29) is 18.4 Å². The van der Waals surface area contributed by atoms with Gasteiger partial charge in [0.05, 0.1) is 11.3 Å². The fraction of sp³-hybridized carbons (Fsp3) is 0.312. The van der Waals surface area contributed by atoms with Gasteiger partial charge in [-0.05, 0) is 25.5 Å². The number of para-hydroxylation sites is 1. The van der Waals surface area contributed by atoms with Gasteiger partial charge in [-0.25, -0.2) is 4.79 Å². The average molecular weight is 344 g/mol. The van der Waals surface area contributed by atoms with Gasteiger partial charge in [0, 0.05) is 6.42 Å². The summed E-state index contributed by atoms with van der Waals surface area (Å²) in [5.41, 5.74) is 0.612. The number of carbonyl (C=O) groups is 4. The molecule has 1 aliphatic rings. The lowest BCUT2D eigenvalue weighted by atomic mass is 10.1. The number of carbonyl (C=O) groups excluding carboxylic acids is 4. The number of nitrogens with one attached hydrogen (secondary N) is 3. The molecule has 0 saturated carbocycles. The highest BCUT2D eigenvalue weighted by Crippen LogP contribution is 2.14. The minimum atomic E-state index is -1.08. The van der Waals surface area contributed by atoms with E-state index < -0.39 is 36.0 Å². The topological polar surface area (TPSA) is 137 Å². The Bertz CT molecular complexity index is 755. The number of hydrogen-bond acceptors (Lipinski definition) is 6. The van der Waals surface area contributed by atoms with Crippen molar-refractivity contribution in [1.82, 2.24) is 10.6 Å². The maximum Gasteiger partial charge on any atom is 0.322 e. The van der Waals surface area contributed by atoms with E-state index >= 15 is 0 Å². The lowest BCUT2D eigenvalue weighted by Gasteiger charge is -2.14. The molecule has 2 unspecified atom stereocenters. The highest BCUT2D eigenvalue weighted by atomic mass is 16.5. The maximum atomic E-state index is 12.1. The number of benzene rings is 1. The Balaban J connectivity index is 1.82.